The first-order chi connectivity index (χ1) is 26.3. The van der Waals surface area contributed by atoms with Crippen LogP contribution in [-0.4, -0.2) is 98.0 Å². The lowest BCUT2D eigenvalue weighted by atomic mass is 9.81. The van der Waals surface area contributed by atoms with Crippen molar-refractivity contribution in [1.29, 1.82) is 0 Å². The summed E-state index contributed by atoms with van der Waals surface area (Å²) in [6.07, 6.45) is 0.956. The number of hydrogen-bond acceptors (Lipinski definition) is 11. The summed E-state index contributed by atoms with van der Waals surface area (Å²) >= 11 is 0. The molecule has 0 saturated heterocycles. The van der Waals surface area contributed by atoms with E-state index in [1.54, 1.807) is 41.6 Å². The lowest BCUT2D eigenvalue weighted by molar-refractivity contribution is -0.192. The van der Waals surface area contributed by atoms with E-state index in [9.17, 15) is 27.6 Å². The van der Waals surface area contributed by atoms with Crippen molar-refractivity contribution < 1.29 is 42.2 Å². The molecule has 56 heavy (non-hydrogen) atoms. The average Bonchev–Trinajstić information content (AvgIpc) is 3.69. The maximum atomic E-state index is 14.4. The van der Waals surface area contributed by atoms with E-state index in [1.807, 2.05) is 64.0 Å². The number of alkyl carbamates (subject to hydrolysis) is 1. The quantitative estimate of drug-likeness (QED) is 0.161. The lowest BCUT2D eigenvalue weighted by Gasteiger charge is -2.36. The number of carbonyl (C=O) groups is 4. The second kappa shape index (κ2) is 18.5. The standard InChI is InChI=1S/C35H44N10O4.C2HF3O2/c1-35(2,3)49-34(48)39-19-23-8-12-26(13-9-23)32(47)45(28-16-14-25(15-17-28)31-40-42-43-41-31)29(30(36)46)18-22-6-10-24(11-7-22)27-20-37-33(38-21-27)44(4)5;3-2(4,5)1(6)7/h6-7,10-11,14-17,20-21,23,26,29H,8-9,12-13,18-19H2,1-5H3,(H2,36,46)(H,39,48)(H,40,41,42,43);(H,6,7)/t23?,26?,29-;/m0./s1. The molecule has 5 N–H and O–H groups in total. The maximum absolute atomic E-state index is 14.4. The fraction of sp³-hybridized carbons (Fsp3) is 0.432. The number of rotatable bonds is 11. The number of aromatic amines is 1. The molecule has 0 aliphatic heterocycles. The Bertz CT molecular complexity index is 1910. The van der Waals surface area contributed by atoms with Crippen LogP contribution in [0.4, 0.5) is 29.6 Å². The highest BCUT2D eigenvalue weighted by Crippen LogP contribution is 2.33. The molecule has 3 amide bonds. The molecule has 300 valence electrons. The molecule has 0 radical (unpaired) electrons. The third-order valence-electron chi connectivity index (χ3n) is 8.75. The van der Waals surface area contributed by atoms with Gasteiger partial charge in [-0.25, -0.2) is 19.6 Å². The van der Waals surface area contributed by atoms with Crippen LogP contribution in [0.3, 0.4) is 0 Å². The number of H-pyrrole nitrogens is 1. The minimum Gasteiger partial charge on any atom is -0.475 e. The summed E-state index contributed by atoms with van der Waals surface area (Å²) in [5.74, 6) is -2.60. The molecule has 4 aromatic rings. The largest absolute Gasteiger partial charge is 0.490 e. The number of carbonyl (C=O) groups excluding carboxylic acids is 3. The summed E-state index contributed by atoms with van der Waals surface area (Å²) in [7, 11) is 3.76. The van der Waals surface area contributed by atoms with Gasteiger partial charge in [0.25, 0.3) is 0 Å². The summed E-state index contributed by atoms with van der Waals surface area (Å²) in [6, 6.07) is 13.9. The van der Waals surface area contributed by atoms with Gasteiger partial charge in [-0.3, -0.25) is 14.5 Å². The molecule has 5 rings (SSSR count). The minimum absolute atomic E-state index is 0.163. The zero-order valence-corrected chi connectivity index (χ0v) is 31.6. The molecule has 0 unspecified atom stereocenters. The molecular formula is C37H45F3N10O6. The first-order valence-corrected chi connectivity index (χ1v) is 17.6. The number of aromatic nitrogens is 6. The Balaban J connectivity index is 0.000000908. The Kier molecular flexibility index (Phi) is 14.0. The van der Waals surface area contributed by atoms with E-state index < -0.39 is 35.8 Å². The van der Waals surface area contributed by atoms with Gasteiger partial charge in [0, 0.05) is 62.2 Å². The van der Waals surface area contributed by atoms with Gasteiger partial charge in [0.2, 0.25) is 23.6 Å². The molecule has 2 aromatic carbocycles. The highest BCUT2D eigenvalue weighted by atomic mass is 19.4. The first kappa shape index (κ1) is 42.6. The van der Waals surface area contributed by atoms with E-state index in [2.05, 4.69) is 35.9 Å². The molecular weight excluding hydrogens is 737 g/mol. The fourth-order valence-electron chi connectivity index (χ4n) is 5.94. The van der Waals surface area contributed by atoms with Crippen LogP contribution in [0.5, 0.6) is 0 Å². The number of nitrogens with two attached hydrogens (primary N) is 1. The number of nitrogens with one attached hydrogen (secondary N) is 2. The topological polar surface area (TPSA) is 223 Å². The van der Waals surface area contributed by atoms with Crippen molar-refractivity contribution in [3.05, 3.63) is 66.5 Å². The van der Waals surface area contributed by atoms with Crippen molar-refractivity contribution in [3.63, 3.8) is 0 Å². The SMILES string of the molecule is CN(C)c1ncc(-c2ccc(C[C@@H](C(N)=O)N(C(=O)C3CCC(CNC(=O)OC(C)(C)C)CC3)c3ccc(-c4nn[nH]n4)cc3)cc2)cn1.O=C(O)C(F)(F)F. The molecule has 1 fully saturated rings. The van der Waals surface area contributed by atoms with E-state index in [1.165, 1.54) is 0 Å². The van der Waals surface area contributed by atoms with E-state index in [0.717, 1.165) is 29.5 Å². The maximum Gasteiger partial charge on any atom is 0.490 e. The van der Waals surface area contributed by atoms with E-state index in [-0.39, 0.29) is 24.2 Å². The number of hydrogen-bond donors (Lipinski definition) is 4. The van der Waals surface area contributed by atoms with Crippen LogP contribution < -0.4 is 20.9 Å². The van der Waals surface area contributed by atoms with Gasteiger partial charge in [-0.1, -0.05) is 24.3 Å². The molecule has 0 bridgehead atoms. The number of anilines is 2. The summed E-state index contributed by atoms with van der Waals surface area (Å²) < 4.78 is 37.1. The highest BCUT2D eigenvalue weighted by molar-refractivity contribution is 6.01. The summed E-state index contributed by atoms with van der Waals surface area (Å²) in [6.45, 7) is 5.94. The van der Waals surface area contributed by atoms with Crippen LogP contribution in [0.25, 0.3) is 22.5 Å². The van der Waals surface area contributed by atoms with Crippen molar-refractivity contribution in [2.75, 3.05) is 30.4 Å². The van der Waals surface area contributed by atoms with Crippen LogP contribution in [0, 0.1) is 11.8 Å². The monoisotopic (exact) mass is 782 g/mol. The van der Waals surface area contributed by atoms with Gasteiger partial charge in [-0.05, 0) is 93.0 Å². The summed E-state index contributed by atoms with van der Waals surface area (Å²) in [4.78, 5) is 60.8. The van der Waals surface area contributed by atoms with Crippen molar-refractivity contribution in [1.82, 2.24) is 35.9 Å². The predicted octanol–water partition coefficient (Wildman–Crippen LogP) is 4.78. The second-order valence-electron chi connectivity index (χ2n) is 14.4. The molecule has 1 aliphatic rings. The van der Waals surface area contributed by atoms with Crippen LogP contribution in [0.15, 0.2) is 60.9 Å². The second-order valence-corrected chi connectivity index (χ2v) is 14.4. The number of alkyl halides is 3. The average molecular weight is 783 g/mol. The Morgan fingerprint density at radius 1 is 0.929 bits per heavy atom. The van der Waals surface area contributed by atoms with Crippen LogP contribution in [0.2, 0.25) is 0 Å². The number of benzene rings is 2. The molecule has 16 nitrogen and oxygen atoms in total. The Labute approximate surface area is 321 Å². The fourth-order valence-corrected chi connectivity index (χ4v) is 5.94. The van der Waals surface area contributed by atoms with Gasteiger partial charge in [-0.2, -0.15) is 18.4 Å². The number of ether oxygens (including phenoxy) is 1. The number of aliphatic carboxylic acids is 1. The number of amides is 3. The van der Waals surface area contributed by atoms with Gasteiger partial charge in [0.15, 0.2) is 0 Å². The molecule has 2 heterocycles. The third-order valence-corrected chi connectivity index (χ3v) is 8.75. The van der Waals surface area contributed by atoms with Crippen molar-refractivity contribution >= 4 is 35.5 Å². The molecule has 2 aromatic heterocycles. The van der Waals surface area contributed by atoms with E-state index >= 15 is 0 Å². The number of carboxylic acid groups (broad SMARTS) is 1. The third kappa shape index (κ3) is 12.2. The summed E-state index contributed by atoms with van der Waals surface area (Å²) in [5, 5.41) is 24.1. The zero-order valence-electron chi connectivity index (χ0n) is 31.6. The number of carboxylic acids is 1. The smallest absolute Gasteiger partial charge is 0.475 e. The van der Waals surface area contributed by atoms with Gasteiger partial charge in [-0.15, -0.1) is 10.2 Å². The number of nitrogens with zero attached hydrogens (tertiary/aromatic N) is 7. The minimum atomic E-state index is -5.08. The number of tetrazole rings is 1. The van der Waals surface area contributed by atoms with Gasteiger partial charge in [0.1, 0.15) is 11.6 Å². The Morgan fingerprint density at radius 2 is 1.50 bits per heavy atom. The van der Waals surface area contributed by atoms with Crippen LogP contribution in [0.1, 0.15) is 52.0 Å². The first-order valence-electron chi connectivity index (χ1n) is 17.6. The van der Waals surface area contributed by atoms with E-state index in [0.29, 0.717) is 42.4 Å². The highest BCUT2D eigenvalue weighted by Gasteiger charge is 2.38. The zero-order chi connectivity index (χ0) is 41.2. The molecule has 0 spiro atoms. The van der Waals surface area contributed by atoms with Gasteiger partial charge >= 0.3 is 18.2 Å². The Morgan fingerprint density at radius 3 is 1.98 bits per heavy atom. The van der Waals surface area contributed by atoms with Crippen molar-refractivity contribution in [3.8, 4) is 22.5 Å². The van der Waals surface area contributed by atoms with Crippen molar-refractivity contribution in [2.24, 2.45) is 17.6 Å². The Hall–Kier alpha value is -6.14. The predicted molar refractivity (Wildman–Crippen MR) is 199 cm³/mol. The van der Waals surface area contributed by atoms with Gasteiger partial charge in [0.05, 0.1) is 0 Å². The van der Waals surface area contributed by atoms with Crippen LogP contribution >= 0.6 is 0 Å². The molecule has 19 heteroatoms. The molecule has 1 atom stereocenters. The normalized spacial score (nSPS) is 16.1. The van der Waals surface area contributed by atoms with Crippen molar-refractivity contribution in [2.45, 2.75) is 70.7 Å². The lowest BCUT2D eigenvalue weighted by Crippen LogP contribution is -2.52. The molecule has 1 aliphatic carbocycles. The number of halogens is 3. The number of primary amides is 1. The van der Waals surface area contributed by atoms with Gasteiger partial charge < -0.3 is 25.8 Å². The molecule has 1 saturated carbocycles. The van der Waals surface area contributed by atoms with E-state index in [4.69, 9.17) is 20.4 Å². The van der Waals surface area contributed by atoms with Crippen LogP contribution in [-0.2, 0) is 25.5 Å². The summed E-state index contributed by atoms with van der Waals surface area (Å²) in [5.41, 5.74) is 9.36.